The van der Waals surface area contributed by atoms with Crippen LogP contribution in [-0.2, 0) is 6.18 Å². The predicted molar refractivity (Wildman–Crippen MR) is 42.0 cm³/mol. The Kier molecular flexibility index (Phi) is 2.27. The Morgan fingerprint density at radius 2 is 2.08 bits per heavy atom. The number of nitrogens with one attached hydrogen (secondary N) is 1. The molecule has 68 valence electrons. The monoisotopic (exact) mass is 196 g/mol. The van der Waals surface area contributed by atoms with Gasteiger partial charge in [-0.1, -0.05) is 0 Å². The topological polar surface area (TPSA) is 41.8 Å². The van der Waals surface area contributed by atoms with Crippen LogP contribution < -0.4 is 5.73 Å². The first-order chi connectivity index (χ1) is 5.46. The second kappa shape index (κ2) is 2.93. The lowest BCUT2D eigenvalue weighted by molar-refractivity contribution is -0.136. The van der Waals surface area contributed by atoms with Gasteiger partial charge >= 0.3 is 6.18 Å². The fraction of sp³-hybridized carbons (Fsp3) is 0.333. The van der Waals surface area contributed by atoms with Crippen LogP contribution in [0.25, 0.3) is 0 Å². The molecule has 0 radical (unpaired) electrons. The molecule has 0 atom stereocenters. The van der Waals surface area contributed by atoms with Gasteiger partial charge < -0.3 is 10.7 Å². The summed E-state index contributed by atoms with van der Waals surface area (Å²) >= 11 is 1.15. The first-order valence-corrected chi connectivity index (χ1v) is 4.27. The average molecular weight is 196 g/mol. The summed E-state index contributed by atoms with van der Waals surface area (Å²) in [6.07, 6.45) is -1.84. The van der Waals surface area contributed by atoms with Crippen LogP contribution in [-0.4, -0.2) is 11.2 Å². The number of nitrogens with two attached hydrogens (primary N) is 1. The highest BCUT2D eigenvalue weighted by molar-refractivity contribution is 7.98. The van der Waals surface area contributed by atoms with Crippen molar-refractivity contribution in [3.05, 3.63) is 11.8 Å². The largest absolute Gasteiger partial charge is 0.419 e. The number of halogens is 3. The maximum Gasteiger partial charge on any atom is 0.419 e. The smallest absolute Gasteiger partial charge is 0.396 e. The number of thioether (sulfide) groups is 1. The molecule has 0 aliphatic heterocycles. The van der Waals surface area contributed by atoms with Crippen molar-refractivity contribution in [3.63, 3.8) is 0 Å². The minimum absolute atomic E-state index is 0.227. The molecular formula is C6H7F3N2S. The fourth-order valence-corrected chi connectivity index (χ4v) is 1.33. The van der Waals surface area contributed by atoms with Crippen LogP contribution in [0.1, 0.15) is 5.56 Å². The van der Waals surface area contributed by atoms with E-state index in [-0.39, 0.29) is 5.69 Å². The number of rotatable bonds is 1. The number of hydrogen-bond donors (Lipinski definition) is 2. The SMILES string of the molecule is CSc1[nH]cc(C(F)(F)F)c1N. The van der Waals surface area contributed by atoms with Gasteiger partial charge in [-0.3, -0.25) is 0 Å². The van der Waals surface area contributed by atoms with Crippen molar-refractivity contribution in [2.75, 3.05) is 12.0 Å². The van der Waals surface area contributed by atoms with Crippen LogP contribution in [0, 0.1) is 0 Å². The third-order valence-electron chi connectivity index (χ3n) is 1.39. The summed E-state index contributed by atoms with van der Waals surface area (Å²) < 4.78 is 36.3. The van der Waals surface area contributed by atoms with Crippen LogP contribution in [0.3, 0.4) is 0 Å². The zero-order valence-corrected chi connectivity index (χ0v) is 7.01. The molecule has 0 aliphatic rings. The Labute approximate surface area is 71.3 Å². The van der Waals surface area contributed by atoms with Gasteiger partial charge in [0, 0.05) is 6.20 Å². The third-order valence-corrected chi connectivity index (χ3v) is 2.14. The summed E-state index contributed by atoms with van der Waals surface area (Å²) in [6.45, 7) is 0. The molecule has 0 amide bonds. The highest BCUT2D eigenvalue weighted by Crippen LogP contribution is 2.37. The second-order valence-corrected chi connectivity index (χ2v) is 2.96. The molecule has 0 spiro atoms. The minimum Gasteiger partial charge on any atom is -0.396 e. The normalized spacial score (nSPS) is 12.0. The molecule has 0 aromatic carbocycles. The third kappa shape index (κ3) is 1.52. The van der Waals surface area contributed by atoms with Gasteiger partial charge in [0.1, 0.15) is 0 Å². The fourth-order valence-electron chi connectivity index (χ4n) is 0.819. The van der Waals surface area contributed by atoms with Crippen molar-refractivity contribution < 1.29 is 13.2 Å². The van der Waals surface area contributed by atoms with Gasteiger partial charge in [-0.2, -0.15) is 13.2 Å². The first kappa shape index (κ1) is 9.31. The molecule has 0 bridgehead atoms. The number of aromatic nitrogens is 1. The molecule has 0 saturated heterocycles. The zero-order valence-electron chi connectivity index (χ0n) is 6.20. The van der Waals surface area contributed by atoms with Gasteiger partial charge in [0.05, 0.1) is 16.3 Å². The van der Waals surface area contributed by atoms with Gasteiger partial charge in [-0.05, 0) is 6.26 Å². The quantitative estimate of drug-likeness (QED) is 0.677. The Morgan fingerprint density at radius 1 is 1.50 bits per heavy atom. The molecular weight excluding hydrogens is 189 g/mol. The molecule has 12 heavy (non-hydrogen) atoms. The van der Waals surface area contributed by atoms with Crippen molar-refractivity contribution in [2.24, 2.45) is 0 Å². The Balaban J connectivity index is 3.11. The lowest BCUT2D eigenvalue weighted by Crippen LogP contribution is -2.06. The van der Waals surface area contributed by atoms with Crippen molar-refractivity contribution in [1.82, 2.24) is 4.98 Å². The highest BCUT2D eigenvalue weighted by Gasteiger charge is 2.34. The molecule has 3 N–H and O–H groups in total. The molecule has 1 rings (SSSR count). The Morgan fingerprint density at radius 3 is 2.33 bits per heavy atom. The summed E-state index contributed by atoms with van der Waals surface area (Å²) in [4.78, 5) is 2.45. The lowest BCUT2D eigenvalue weighted by Gasteiger charge is -2.04. The number of nitrogen functional groups attached to an aromatic ring is 1. The molecule has 1 heterocycles. The van der Waals surface area contributed by atoms with Gasteiger partial charge in [-0.15, -0.1) is 11.8 Å². The molecule has 0 aliphatic carbocycles. The maximum atomic E-state index is 12.1. The number of alkyl halides is 3. The zero-order chi connectivity index (χ0) is 9.35. The summed E-state index contributed by atoms with van der Waals surface area (Å²) in [5.74, 6) is 0. The van der Waals surface area contributed by atoms with Crippen LogP contribution in [0.2, 0.25) is 0 Å². The van der Waals surface area contributed by atoms with E-state index in [4.69, 9.17) is 5.73 Å². The number of H-pyrrole nitrogens is 1. The van der Waals surface area contributed by atoms with E-state index in [1.807, 2.05) is 0 Å². The van der Waals surface area contributed by atoms with Gasteiger partial charge in [0.15, 0.2) is 0 Å². The van der Waals surface area contributed by atoms with Crippen LogP contribution in [0.15, 0.2) is 11.2 Å². The number of aromatic amines is 1. The highest BCUT2D eigenvalue weighted by atomic mass is 32.2. The van der Waals surface area contributed by atoms with E-state index in [2.05, 4.69) is 4.98 Å². The van der Waals surface area contributed by atoms with E-state index >= 15 is 0 Å². The summed E-state index contributed by atoms with van der Waals surface area (Å²) in [7, 11) is 0. The summed E-state index contributed by atoms with van der Waals surface area (Å²) in [6, 6.07) is 0. The van der Waals surface area contributed by atoms with Gasteiger partial charge in [0.25, 0.3) is 0 Å². The van der Waals surface area contributed by atoms with E-state index in [1.54, 1.807) is 6.26 Å². The summed E-state index contributed by atoms with van der Waals surface area (Å²) in [5, 5.41) is 0.349. The van der Waals surface area contributed by atoms with Gasteiger partial charge in [0.2, 0.25) is 0 Å². The predicted octanol–water partition coefficient (Wildman–Crippen LogP) is 2.34. The Bertz CT molecular complexity index is 279. The molecule has 0 unspecified atom stereocenters. The molecule has 1 aromatic rings. The van der Waals surface area contributed by atoms with E-state index in [0.29, 0.717) is 5.03 Å². The summed E-state index contributed by atoms with van der Waals surface area (Å²) in [5.41, 5.74) is 4.20. The van der Waals surface area contributed by atoms with Crippen LogP contribution >= 0.6 is 11.8 Å². The van der Waals surface area contributed by atoms with Crippen molar-refractivity contribution in [1.29, 1.82) is 0 Å². The van der Waals surface area contributed by atoms with E-state index in [1.165, 1.54) is 0 Å². The maximum absolute atomic E-state index is 12.1. The standard InChI is InChI=1S/C6H7F3N2S/c1-12-5-4(10)3(2-11-5)6(7,8)9/h2,11H,10H2,1H3. The van der Waals surface area contributed by atoms with Crippen molar-refractivity contribution >= 4 is 17.4 Å². The van der Waals surface area contributed by atoms with Crippen molar-refractivity contribution in [2.45, 2.75) is 11.2 Å². The number of anilines is 1. The van der Waals surface area contributed by atoms with Crippen LogP contribution in [0.4, 0.5) is 18.9 Å². The minimum atomic E-state index is -4.37. The lowest BCUT2D eigenvalue weighted by atomic mass is 10.3. The van der Waals surface area contributed by atoms with Gasteiger partial charge in [-0.25, -0.2) is 0 Å². The number of hydrogen-bond acceptors (Lipinski definition) is 2. The molecule has 0 fully saturated rings. The van der Waals surface area contributed by atoms with E-state index < -0.39 is 11.7 Å². The van der Waals surface area contributed by atoms with E-state index in [9.17, 15) is 13.2 Å². The second-order valence-electron chi connectivity index (χ2n) is 2.15. The molecule has 6 heteroatoms. The molecule has 1 aromatic heterocycles. The molecule has 0 saturated carbocycles. The molecule has 2 nitrogen and oxygen atoms in total. The van der Waals surface area contributed by atoms with Crippen molar-refractivity contribution in [3.8, 4) is 0 Å². The first-order valence-electron chi connectivity index (χ1n) is 3.05. The van der Waals surface area contributed by atoms with Crippen LogP contribution in [0.5, 0.6) is 0 Å². The Hall–Kier alpha value is -0.780. The van der Waals surface area contributed by atoms with E-state index in [0.717, 1.165) is 18.0 Å². The average Bonchev–Trinajstić information content (AvgIpc) is 2.29.